The van der Waals surface area contributed by atoms with Gasteiger partial charge in [0.2, 0.25) is 0 Å². The van der Waals surface area contributed by atoms with Crippen LogP contribution in [0, 0.1) is 18.7 Å². The molecule has 1 aliphatic heterocycles. The first-order chi connectivity index (χ1) is 17.2. The van der Waals surface area contributed by atoms with Crippen molar-refractivity contribution < 1.29 is 23.8 Å². The van der Waals surface area contributed by atoms with Crippen molar-refractivity contribution in [1.29, 1.82) is 0 Å². The standard InChI is InChI=1S/C29H27BrClFO4/c1-16(2)21-14-22(20-6-4-5-7-25(20)31)27(18-8-10-19(32)11-9-18)36-28(21)23-12-17(3)13-24(30)29(23)35-15-26(33)34/h4-13,21-22,27-28H,1,14-15H2,2-3H3,(H,33,34)/t21-,22-,27+,28+/m1/s1. The van der Waals surface area contributed by atoms with Gasteiger partial charge in [0.05, 0.1) is 16.7 Å². The number of carboxylic acids is 1. The first-order valence-corrected chi connectivity index (χ1v) is 12.8. The summed E-state index contributed by atoms with van der Waals surface area (Å²) in [6.07, 6.45) is -0.232. The van der Waals surface area contributed by atoms with Crippen LogP contribution in [0.4, 0.5) is 4.39 Å². The normalized spacial score (nSPS) is 21.7. The Morgan fingerprint density at radius 2 is 1.86 bits per heavy atom. The van der Waals surface area contributed by atoms with E-state index < -0.39 is 24.8 Å². The van der Waals surface area contributed by atoms with Crippen LogP contribution in [0.1, 0.15) is 53.7 Å². The molecular weight excluding hydrogens is 547 g/mol. The monoisotopic (exact) mass is 572 g/mol. The second kappa shape index (κ2) is 11.2. The number of aliphatic carboxylic acids is 1. The highest BCUT2D eigenvalue weighted by molar-refractivity contribution is 9.10. The summed E-state index contributed by atoms with van der Waals surface area (Å²) in [7, 11) is 0. The average Bonchev–Trinajstić information content (AvgIpc) is 2.83. The lowest BCUT2D eigenvalue weighted by Gasteiger charge is -2.43. The van der Waals surface area contributed by atoms with Gasteiger partial charge in [0.15, 0.2) is 6.61 Å². The average molecular weight is 574 g/mol. The summed E-state index contributed by atoms with van der Waals surface area (Å²) in [5.41, 5.74) is 4.41. The van der Waals surface area contributed by atoms with Crippen molar-refractivity contribution in [2.75, 3.05) is 6.61 Å². The van der Waals surface area contributed by atoms with Gasteiger partial charge < -0.3 is 14.6 Å². The van der Waals surface area contributed by atoms with Crippen LogP contribution in [0.15, 0.2) is 77.3 Å². The molecule has 4 rings (SSSR count). The third-order valence-electron chi connectivity index (χ3n) is 6.53. The van der Waals surface area contributed by atoms with E-state index in [-0.39, 0.29) is 17.7 Å². The summed E-state index contributed by atoms with van der Waals surface area (Å²) < 4.78 is 27.0. The predicted octanol–water partition coefficient (Wildman–Crippen LogP) is 8.19. The topological polar surface area (TPSA) is 55.8 Å². The lowest BCUT2D eigenvalue weighted by Crippen LogP contribution is -2.32. The van der Waals surface area contributed by atoms with Crippen LogP contribution in [0.25, 0.3) is 0 Å². The van der Waals surface area contributed by atoms with Crippen molar-refractivity contribution >= 4 is 33.5 Å². The van der Waals surface area contributed by atoms with Gasteiger partial charge in [0, 0.05) is 22.4 Å². The van der Waals surface area contributed by atoms with Gasteiger partial charge in [-0.15, -0.1) is 0 Å². The number of benzene rings is 3. The molecule has 1 N–H and O–H groups in total. The zero-order chi connectivity index (χ0) is 26.0. The van der Waals surface area contributed by atoms with Crippen molar-refractivity contribution in [3.05, 3.63) is 110 Å². The third kappa shape index (κ3) is 5.66. The Morgan fingerprint density at radius 1 is 1.17 bits per heavy atom. The molecule has 1 aliphatic rings. The van der Waals surface area contributed by atoms with Crippen molar-refractivity contribution in [3.63, 3.8) is 0 Å². The van der Waals surface area contributed by atoms with Crippen molar-refractivity contribution in [1.82, 2.24) is 0 Å². The molecule has 0 aliphatic carbocycles. The summed E-state index contributed by atoms with van der Waals surface area (Å²) >= 11 is 10.2. The molecule has 0 spiro atoms. The number of carbonyl (C=O) groups is 1. The molecule has 3 aromatic carbocycles. The molecule has 1 saturated heterocycles. The first-order valence-electron chi connectivity index (χ1n) is 11.6. The van der Waals surface area contributed by atoms with E-state index in [2.05, 4.69) is 22.5 Å². The molecular formula is C29H27BrClFO4. The Morgan fingerprint density at radius 3 is 2.50 bits per heavy atom. The van der Waals surface area contributed by atoms with Gasteiger partial charge in [-0.3, -0.25) is 0 Å². The van der Waals surface area contributed by atoms with Crippen LogP contribution in [-0.4, -0.2) is 17.7 Å². The van der Waals surface area contributed by atoms with Crippen molar-refractivity contribution in [2.24, 2.45) is 5.92 Å². The maximum absolute atomic E-state index is 13.8. The summed E-state index contributed by atoms with van der Waals surface area (Å²) in [5.74, 6) is -1.19. The minimum atomic E-state index is -1.07. The van der Waals surface area contributed by atoms with E-state index in [1.54, 1.807) is 12.1 Å². The quantitative estimate of drug-likeness (QED) is 0.290. The number of hydrogen-bond donors (Lipinski definition) is 1. The summed E-state index contributed by atoms with van der Waals surface area (Å²) in [5, 5.41) is 9.87. The minimum Gasteiger partial charge on any atom is -0.480 e. The van der Waals surface area contributed by atoms with E-state index in [0.29, 0.717) is 21.7 Å². The van der Waals surface area contributed by atoms with Gasteiger partial charge in [-0.05, 0) is 83.2 Å². The maximum Gasteiger partial charge on any atom is 0.341 e. The summed E-state index contributed by atoms with van der Waals surface area (Å²) in [6, 6.07) is 17.8. The van der Waals surface area contributed by atoms with Crippen LogP contribution >= 0.6 is 27.5 Å². The van der Waals surface area contributed by atoms with Gasteiger partial charge in [0.1, 0.15) is 11.6 Å². The molecule has 0 unspecified atom stereocenters. The lowest BCUT2D eigenvalue weighted by atomic mass is 9.74. The van der Waals surface area contributed by atoms with Gasteiger partial charge in [0.25, 0.3) is 0 Å². The Labute approximate surface area is 223 Å². The minimum absolute atomic E-state index is 0.108. The predicted molar refractivity (Wildman–Crippen MR) is 142 cm³/mol. The number of hydrogen-bond acceptors (Lipinski definition) is 3. The summed E-state index contributed by atoms with van der Waals surface area (Å²) in [4.78, 5) is 11.3. The highest BCUT2D eigenvalue weighted by Gasteiger charge is 2.42. The number of aryl methyl sites for hydroxylation is 1. The molecule has 7 heteroatoms. The highest BCUT2D eigenvalue weighted by Crippen LogP contribution is 2.54. The van der Waals surface area contributed by atoms with Crippen molar-refractivity contribution in [2.45, 2.75) is 38.4 Å². The van der Waals surface area contributed by atoms with Gasteiger partial charge in [-0.1, -0.05) is 54.1 Å². The van der Waals surface area contributed by atoms with Crippen LogP contribution in [0.2, 0.25) is 5.02 Å². The zero-order valence-electron chi connectivity index (χ0n) is 20.0. The summed E-state index contributed by atoms with van der Waals surface area (Å²) in [6.45, 7) is 7.69. The molecule has 0 radical (unpaired) electrons. The largest absolute Gasteiger partial charge is 0.480 e. The van der Waals surface area contributed by atoms with Crippen LogP contribution < -0.4 is 4.74 Å². The van der Waals surface area contributed by atoms with E-state index in [1.165, 1.54) is 12.1 Å². The Bertz CT molecular complexity index is 1280. The molecule has 1 heterocycles. The van der Waals surface area contributed by atoms with Gasteiger partial charge >= 0.3 is 5.97 Å². The molecule has 4 atom stereocenters. The fraction of sp³-hybridized carbons (Fsp3) is 0.276. The van der Waals surface area contributed by atoms with E-state index in [1.807, 2.05) is 50.2 Å². The highest BCUT2D eigenvalue weighted by atomic mass is 79.9. The molecule has 0 bridgehead atoms. The molecule has 36 heavy (non-hydrogen) atoms. The van der Waals surface area contributed by atoms with E-state index in [9.17, 15) is 14.3 Å². The van der Waals surface area contributed by atoms with Crippen LogP contribution in [-0.2, 0) is 9.53 Å². The fourth-order valence-electron chi connectivity index (χ4n) is 4.90. The van der Waals surface area contributed by atoms with Gasteiger partial charge in [-0.25, -0.2) is 9.18 Å². The van der Waals surface area contributed by atoms with E-state index >= 15 is 0 Å². The van der Waals surface area contributed by atoms with Crippen LogP contribution in [0.5, 0.6) is 5.75 Å². The molecule has 0 saturated carbocycles. The Kier molecular flexibility index (Phi) is 8.18. The number of halogens is 3. The zero-order valence-corrected chi connectivity index (χ0v) is 22.4. The molecule has 1 fully saturated rings. The second-order valence-electron chi connectivity index (χ2n) is 9.19. The number of rotatable bonds is 7. The lowest BCUT2D eigenvalue weighted by molar-refractivity contribution is -0.139. The molecule has 0 amide bonds. The van der Waals surface area contributed by atoms with E-state index in [0.717, 1.165) is 27.8 Å². The molecule has 3 aromatic rings. The Hall–Kier alpha value is -2.67. The third-order valence-corrected chi connectivity index (χ3v) is 7.46. The van der Waals surface area contributed by atoms with Crippen LogP contribution in [0.3, 0.4) is 0 Å². The SMILES string of the molecule is C=C(C)[C@H]1C[C@H](c2ccccc2Cl)[C@H](c2ccc(F)cc2)O[C@@H]1c1cc(C)cc(Br)c1OCC(=O)O. The second-order valence-corrected chi connectivity index (χ2v) is 10.5. The molecule has 188 valence electrons. The number of ether oxygens (including phenoxy) is 2. The van der Waals surface area contributed by atoms with E-state index in [4.69, 9.17) is 21.1 Å². The van der Waals surface area contributed by atoms with Crippen molar-refractivity contribution in [3.8, 4) is 5.75 Å². The Balaban J connectivity index is 1.85. The maximum atomic E-state index is 13.8. The smallest absolute Gasteiger partial charge is 0.341 e. The number of carboxylic acid groups (broad SMARTS) is 1. The molecule has 0 aromatic heterocycles. The first kappa shape index (κ1) is 26.4. The van der Waals surface area contributed by atoms with Gasteiger partial charge in [-0.2, -0.15) is 0 Å². The fourth-order valence-corrected chi connectivity index (χ4v) is 5.88. The molecule has 4 nitrogen and oxygen atoms in total.